The number of benzene rings is 2. The Morgan fingerprint density at radius 1 is 1.06 bits per heavy atom. The second-order valence-electron chi connectivity index (χ2n) is 7.50. The molecule has 0 radical (unpaired) electrons. The van der Waals surface area contributed by atoms with Gasteiger partial charge in [0.2, 0.25) is 0 Å². The summed E-state index contributed by atoms with van der Waals surface area (Å²) in [6, 6.07) is 11.0. The molecule has 3 aromatic rings. The number of rotatable bonds is 4. The summed E-state index contributed by atoms with van der Waals surface area (Å²) in [7, 11) is 0. The van der Waals surface area contributed by atoms with E-state index in [-0.39, 0.29) is 17.2 Å². The predicted octanol–water partition coefficient (Wildman–Crippen LogP) is 4.85. The molecule has 4 rings (SSSR count). The van der Waals surface area contributed by atoms with Gasteiger partial charge in [-0.05, 0) is 56.5 Å². The molecule has 0 atom stereocenters. The fraction of sp³-hybridized carbons (Fsp3) is 0.261. The lowest BCUT2D eigenvalue weighted by Crippen LogP contribution is -2.36. The molecule has 0 bridgehead atoms. The number of para-hydroxylation sites is 1. The van der Waals surface area contributed by atoms with E-state index < -0.39 is 11.7 Å². The molecule has 0 aliphatic carbocycles. The van der Waals surface area contributed by atoms with Crippen molar-refractivity contribution in [3.8, 4) is 5.69 Å². The zero-order valence-corrected chi connectivity index (χ0v) is 17.8. The van der Waals surface area contributed by atoms with Gasteiger partial charge in [-0.2, -0.15) is 5.10 Å². The Labute approximate surface area is 184 Å². The van der Waals surface area contributed by atoms with Crippen LogP contribution in [0.2, 0.25) is 5.02 Å². The second-order valence-corrected chi connectivity index (χ2v) is 7.94. The smallest absolute Gasteiger partial charge is 0.259 e. The molecular weight excluding hydrogens is 419 g/mol. The van der Waals surface area contributed by atoms with Crippen molar-refractivity contribution >= 4 is 29.1 Å². The zero-order chi connectivity index (χ0) is 22.0. The minimum atomic E-state index is -0.449. The highest BCUT2D eigenvalue weighted by Gasteiger charge is 2.23. The van der Waals surface area contributed by atoms with Crippen molar-refractivity contribution in [3.63, 3.8) is 0 Å². The number of amides is 2. The molecule has 1 aliphatic rings. The van der Waals surface area contributed by atoms with Crippen LogP contribution in [-0.4, -0.2) is 39.6 Å². The van der Waals surface area contributed by atoms with E-state index in [0.717, 1.165) is 19.3 Å². The van der Waals surface area contributed by atoms with Crippen LogP contribution < -0.4 is 5.32 Å². The molecule has 160 valence electrons. The summed E-state index contributed by atoms with van der Waals surface area (Å²) in [5.41, 5.74) is 1.74. The van der Waals surface area contributed by atoms with Crippen molar-refractivity contribution in [1.29, 1.82) is 0 Å². The fourth-order valence-electron chi connectivity index (χ4n) is 3.76. The van der Waals surface area contributed by atoms with Crippen molar-refractivity contribution < 1.29 is 14.0 Å². The molecule has 2 amide bonds. The average molecular weight is 441 g/mol. The molecule has 0 saturated carbocycles. The number of nitrogens with one attached hydrogen (secondary N) is 1. The van der Waals surface area contributed by atoms with E-state index in [4.69, 9.17) is 11.6 Å². The van der Waals surface area contributed by atoms with Crippen LogP contribution in [0.1, 0.15) is 45.7 Å². The maximum atomic E-state index is 14.2. The van der Waals surface area contributed by atoms with Gasteiger partial charge in [0.05, 0.1) is 28.7 Å². The first kappa shape index (κ1) is 21.1. The Kier molecular flexibility index (Phi) is 6.04. The van der Waals surface area contributed by atoms with Gasteiger partial charge in [0.25, 0.3) is 11.8 Å². The summed E-state index contributed by atoms with van der Waals surface area (Å²) in [6.45, 7) is 3.08. The Hall–Kier alpha value is -3.19. The van der Waals surface area contributed by atoms with E-state index in [0.29, 0.717) is 35.1 Å². The fourth-order valence-corrected chi connectivity index (χ4v) is 3.93. The molecule has 8 heteroatoms. The molecule has 0 unspecified atom stereocenters. The summed E-state index contributed by atoms with van der Waals surface area (Å²) in [6.07, 6.45) is 4.43. The monoisotopic (exact) mass is 440 g/mol. The molecule has 1 fully saturated rings. The van der Waals surface area contributed by atoms with Gasteiger partial charge < -0.3 is 10.2 Å². The average Bonchev–Trinajstić information content (AvgIpc) is 3.15. The molecular formula is C23H22ClFN4O2. The van der Waals surface area contributed by atoms with Crippen LogP contribution in [-0.2, 0) is 0 Å². The quantitative estimate of drug-likeness (QED) is 0.630. The largest absolute Gasteiger partial charge is 0.339 e. The number of halogens is 2. The summed E-state index contributed by atoms with van der Waals surface area (Å²) < 4.78 is 15.5. The number of hydrogen-bond donors (Lipinski definition) is 1. The maximum absolute atomic E-state index is 14.2. The van der Waals surface area contributed by atoms with Gasteiger partial charge in [-0.3, -0.25) is 9.59 Å². The second kappa shape index (κ2) is 8.89. The number of carbonyl (C=O) groups is 2. The first-order chi connectivity index (χ1) is 15.0. The number of carbonyl (C=O) groups excluding carboxylic acids is 2. The standard InChI is InChI=1S/C23H22ClFN4O2/c1-15-18(14-26-29(15)21-8-4-3-7-19(21)25)22(30)27-20-13-16(24)9-10-17(20)23(31)28-11-5-2-6-12-28/h3-4,7-10,13-14H,2,5-6,11-12H2,1H3,(H,27,30). The molecule has 0 spiro atoms. The lowest BCUT2D eigenvalue weighted by molar-refractivity contribution is 0.0725. The molecule has 2 heterocycles. The van der Waals surface area contributed by atoms with Crippen molar-refractivity contribution in [1.82, 2.24) is 14.7 Å². The highest BCUT2D eigenvalue weighted by Crippen LogP contribution is 2.25. The molecule has 31 heavy (non-hydrogen) atoms. The normalized spacial score (nSPS) is 13.8. The lowest BCUT2D eigenvalue weighted by Gasteiger charge is -2.27. The van der Waals surface area contributed by atoms with Crippen molar-refractivity contribution in [2.45, 2.75) is 26.2 Å². The van der Waals surface area contributed by atoms with Crippen molar-refractivity contribution in [2.75, 3.05) is 18.4 Å². The third-order valence-electron chi connectivity index (χ3n) is 5.44. The van der Waals surface area contributed by atoms with Crippen LogP contribution in [0.15, 0.2) is 48.7 Å². The summed E-state index contributed by atoms with van der Waals surface area (Å²) in [4.78, 5) is 27.8. The van der Waals surface area contributed by atoms with E-state index >= 15 is 0 Å². The summed E-state index contributed by atoms with van der Waals surface area (Å²) >= 11 is 6.14. The van der Waals surface area contributed by atoms with Gasteiger partial charge in [-0.1, -0.05) is 23.7 Å². The highest BCUT2D eigenvalue weighted by molar-refractivity contribution is 6.31. The van der Waals surface area contributed by atoms with Gasteiger partial charge >= 0.3 is 0 Å². The molecule has 6 nitrogen and oxygen atoms in total. The Morgan fingerprint density at radius 2 is 1.81 bits per heavy atom. The highest BCUT2D eigenvalue weighted by atomic mass is 35.5. The van der Waals surface area contributed by atoms with E-state index in [1.54, 1.807) is 48.2 Å². The van der Waals surface area contributed by atoms with Crippen LogP contribution in [0.4, 0.5) is 10.1 Å². The Bertz CT molecular complexity index is 1140. The van der Waals surface area contributed by atoms with E-state index in [9.17, 15) is 14.0 Å². The molecule has 2 aromatic carbocycles. The Morgan fingerprint density at radius 3 is 2.55 bits per heavy atom. The van der Waals surface area contributed by atoms with Gasteiger partial charge in [0.15, 0.2) is 0 Å². The minimum Gasteiger partial charge on any atom is -0.339 e. The van der Waals surface area contributed by atoms with Crippen LogP contribution in [0.25, 0.3) is 5.69 Å². The zero-order valence-electron chi connectivity index (χ0n) is 17.1. The topological polar surface area (TPSA) is 67.2 Å². The minimum absolute atomic E-state index is 0.134. The van der Waals surface area contributed by atoms with Crippen LogP contribution >= 0.6 is 11.6 Å². The Balaban J connectivity index is 1.61. The number of aromatic nitrogens is 2. The number of anilines is 1. The van der Waals surface area contributed by atoms with Crippen LogP contribution in [0.3, 0.4) is 0 Å². The number of piperidine rings is 1. The third-order valence-corrected chi connectivity index (χ3v) is 5.67. The van der Waals surface area contributed by atoms with Crippen LogP contribution in [0, 0.1) is 12.7 Å². The van der Waals surface area contributed by atoms with Crippen molar-refractivity contribution in [3.05, 3.63) is 76.3 Å². The summed E-state index contributed by atoms with van der Waals surface area (Å²) in [5, 5.41) is 7.37. The number of hydrogen-bond acceptors (Lipinski definition) is 3. The SMILES string of the molecule is Cc1c(C(=O)Nc2cc(Cl)ccc2C(=O)N2CCCCC2)cnn1-c1ccccc1F. The third kappa shape index (κ3) is 4.32. The van der Waals surface area contributed by atoms with Gasteiger partial charge in [-0.15, -0.1) is 0 Å². The molecule has 1 aliphatic heterocycles. The van der Waals surface area contributed by atoms with Crippen molar-refractivity contribution in [2.24, 2.45) is 0 Å². The van der Waals surface area contributed by atoms with E-state index in [1.807, 2.05) is 0 Å². The van der Waals surface area contributed by atoms with Gasteiger partial charge in [0, 0.05) is 18.1 Å². The first-order valence-electron chi connectivity index (χ1n) is 10.2. The van der Waals surface area contributed by atoms with Gasteiger partial charge in [-0.25, -0.2) is 9.07 Å². The number of nitrogens with zero attached hydrogens (tertiary/aromatic N) is 3. The van der Waals surface area contributed by atoms with E-state index in [2.05, 4.69) is 10.4 Å². The van der Waals surface area contributed by atoms with Crippen LogP contribution in [0.5, 0.6) is 0 Å². The number of likely N-dealkylation sites (tertiary alicyclic amines) is 1. The first-order valence-corrected chi connectivity index (χ1v) is 10.5. The molecule has 1 saturated heterocycles. The molecule has 1 aromatic heterocycles. The van der Waals surface area contributed by atoms with Gasteiger partial charge in [0.1, 0.15) is 11.5 Å². The van der Waals surface area contributed by atoms with E-state index in [1.165, 1.54) is 16.9 Å². The lowest BCUT2D eigenvalue weighted by atomic mass is 10.1. The predicted molar refractivity (Wildman–Crippen MR) is 117 cm³/mol. The molecule has 1 N–H and O–H groups in total. The maximum Gasteiger partial charge on any atom is 0.259 e. The summed E-state index contributed by atoms with van der Waals surface area (Å²) in [5.74, 6) is -1.02.